The summed E-state index contributed by atoms with van der Waals surface area (Å²) in [6.07, 6.45) is 3.51. The Kier molecular flexibility index (Phi) is 8.10. The Bertz CT molecular complexity index is 1480. The molecule has 0 atom stereocenters. The maximum Gasteiger partial charge on any atom is 0.129 e. The van der Waals surface area contributed by atoms with E-state index in [1.165, 1.54) is 17.8 Å². The molecule has 0 unspecified atom stereocenters. The number of halogens is 2. The van der Waals surface area contributed by atoms with Crippen molar-refractivity contribution < 1.29 is 4.39 Å². The van der Waals surface area contributed by atoms with Crippen molar-refractivity contribution in [2.45, 2.75) is 11.3 Å². The van der Waals surface area contributed by atoms with Crippen LogP contribution in [0.4, 0.5) is 10.1 Å². The summed E-state index contributed by atoms with van der Waals surface area (Å²) in [5.74, 6) is 0.171. The predicted octanol–water partition coefficient (Wildman–Crippen LogP) is 8.56. The normalized spacial score (nSPS) is 11.3. The number of rotatable bonds is 9. The molecule has 0 fully saturated rings. The predicted molar refractivity (Wildman–Crippen MR) is 162 cm³/mol. The van der Waals surface area contributed by atoms with Crippen LogP contribution in [-0.4, -0.2) is 17.0 Å². The molecule has 3 nitrogen and oxygen atoms in total. The summed E-state index contributed by atoms with van der Waals surface area (Å²) in [7, 11) is 0. The molecule has 6 heteroatoms. The van der Waals surface area contributed by atoms with Crippen molar-refractivity contribution >= 4 is 34.8 Å². The summed E-state index contributed by atoms with van der Waals surface area (Å²) in [6.45, 7) is 0. The average molecular weight is 552 g/mol. The SMILES string of the molecule is CSCc1cc(C(=N)c2ccnc(Cl)c2)c(NC(c2ccccc2)(c2ccccc2)c2ccccc2)cc1F. The third kappa shape index (κ3) is 5.47. The van der Waals surface area contributed by atoms with Crippen molar-refractivity contribution in [1.82, 2.24) is 4.98 Å². The lowest BCUT2D eigenvalue weighted by atomic mass is 9.76. The minimum atomic E-state index is -0.873. The van der Waals surface area contributed by atoms with Crippen LogP contribution in [0.15, 0.2) is 121 Å². The van der Waals surface area contributed by atoms with Crippen molar-refractivity contribution in [3.8, 4) is 0 Å². The topological polar surface area (TPSA) is 48.8 Å². The highest BCUT2D eigenvalue weighted by molar-refractivity contribution is 7.97. The molecule has 0 aliphatic heterocycles. The first-order valence-corrected chi connectivity index (χ1v) is 14.3. The summed E-state index contributed by atoms with van der Waals surface area (Å²) >= 11 is 7.72. The molecule has 0 aliphatic carbocycles. The van der Waals surface area contributed by atoms with E-state index in [1.54, 1.807) is 24.4 Å². The van der Waals surface area contributed by atoms with Gasteiger partial charge in [-0.05, 0) is 52.8 Å². The molecule has 4 aromatic carbocycles. The Morgan fingerprint density at radius 3 is 1.87 bits per heavy atom. The first-order valence-electron chi connectivity index (χ1n) is 12.5. The van der Waals surface area contributed by atoms with E-state index in [9.17, 15) is 5.41 Å². The second kappa shape index (κ2) is 11.9. The van der Waals surface area contributed by atoms with Gasteiger partial charge in [-0.15, -0.1) is 0 Å². The molecule has 194 valence electrons. The van der Waals surface area contributed by atoms with Gasteiger partial charge in [-0.3, -0.25) is 5.41 Å². The maximum atomic E-state index is 15.6. The summed E-state index contributed by atoms with van der Waals surface area (Å²) in [6, 6.07) is 37.1. The van der Waals surface area contributed by atoms with Crippen LogP contribution >= 0.6 is 23.4 Å². The second-order valence-corrected chi connectivity index (χ2v) is 10.4. The van der Waals surface area contributed by atoms with E-state index >= 15 is 4.39 Å². The Labute approximate surface area is 237 Å². The summed E-state index contributed by atoms with van der Waals surface area (Å²) in [5, 5.41) is 13.2. The Morgan fingerprint density at radius 2 is 1.38 bits per heavy atom. The molecule has 5 aromatic rings. The zero-order chi connectivity index (χ0) is 27.2. The third-order valence-corrected chi connectivity index (χ3v) is 7.52. The van der Waals surface area contributed by atoms with E-state index in [-0.39, 0.29) is 11.5 Å². The number of thioether (sulfide) groups is 1. The van der Waals surface area contributed by atoms with Crippen molar-refractivity contribution in [2.75, 3.05) is 11.6 Å². The van der Waals surface area contributed by atoms with Crippen LogP contribution in [0.1, 0.15) is 33.4 Å². The lowest BCUT2D eigenvalue weighted by molar-refractivity contribution is 0.616. The molecule has 39 heavy (non-hydrogen) atoms. The van der Waals surface area contributed by atoms with Gasteiger partial charge in [0.1, 0.15) is 16.5 Å². The molecule has 0 spiro atoms. The lowest BCUT2D eigenvalue weighted by Gasteiger charge is -2.38. The Balaban J connectivity index is 1.78. The zero-order valence-corrected chi connectivity index (χ0v) is 22.9. The fourth-order valence-electron chi connectivity index (χ4n) is 4.89. The molecule has 0 aliphatic rings. The van der Waals surface area contributed by atoms with Crippen molar-refractivity contribution in [3.63, 3.8) is 0 Å². The second-order valence-electron chi connectivity index (χ2n) is 9.14. The standard InChI is InChI=1S/C33H27ClFN3S/c1-39-22-24-19-28(32(36)23-17-18-37-31(34)20-23)30(21-29(24)35)38-33(25-11-5-2-6-12-25,26-13-7-3-8-14-26)27-15-9-4-10-16-27/h2-21,36,38H,22H2,1H3. The molecular weight excluding hydrogens is 525 g/mol. The third-order valence-electron chi connectivity index (χ3n) is 6.71. The Morgan fingerprint density at radius 1 is 0.846 bits per heavy atom. The van der Waals surface area contributed by atoms with E-state index < -0.39 is 5.54 Å². The molecular formula is C33H27ClFN3S. The van der Waals surface area contributed by atoms with E-state index in [2.05, 4.69) is 46.7 Å². The summed E-state index contributed by atoms with van der Waals surface area (Å²) in [5.41, 5.74) is 4.54. The van der Waals surface area contributed by atoms with Gasteiger partial charge in [0.15, 0.2) is 0 Å². The van der Waals surface area contributed by atoms with Crippen molar-refractivity contribution in [3.05, 3.63) is 166 Å². The van der Waals surface area contributed by atoms with Gasteiger partial charge in [0.2, 0.25) is 0 Å². The smallest absolute Gasteiger partial charge is 0.129 e. The van der Waals surface area contributed by atoms with Gasteiger partial charge in [-0.1, -0.05) is 103 Å². The number of hydrogen-bond donors (Lipinski definition) is 2. The number of anilines is 1. The molecule has 1 heterocycles. The first kappa shape index (κ1) is 26.7. The molecule has 1 aromatic heterocycles. The number of nitrogens with zero attached hydrogens (tertiary/aromatic N) is 1. The fraction of sp³-hybridized carbons (Fsp3) is 0.0909. The highest BCUT2D eigenvalue weighted by Crippen LogP contribution is 2.41. The number of hydrogen-bond acceptors (Lipinski definition) is 4. The van der Waals surface area contributed by atoms with Crippen molar-refractivity contribution in [1.29, 1.82) is 5.41 Å². The lowest BCUT2D eigenvalue weighted by Crippen LogP contribution is -2.38. The molecule has 0 radical (unpaired) electrons. The number of aromatic nitrogens is 1. The van der Waals surface area contributed by atoms with Gasteiger partial charge >= 0.3 is 0 Å². The molecule has 5 rings (SSSR count). The largest absolute Gasteiger partial charge is 0.367 e. The van der Waals surface area contributed by atoms with E-state index in [0.717, 1.165) is 16.7 Å². The molecule has 0 saturated heterocycles. The van der Waals surface area contributed by atoms with E-state index in [4.69, 9.17) is 11.6 Å². The number of pyridine rings is 1. The van der Waals surface area contributed by atoms with Gasteiger partial charge in [-0.2, -0.15) is 11.8 Å². The van der Waals surface area contributed by atoms with Crippen LogP contribution in [0.2, 0.25) is 5.15 Å². The molecule has 0 saturated carbocycles. The van der Waals surface area contributed by atoms with Crippen LogP contribution in [0.25, 0.3) is 0 Å². The molecule has 0 bridgehead atoms. The van der Waals surface area contributed by atoms with Crippen molar-refractivity contribution in [2.24, 2.45) is 0 Å². The highest BCUT2D eigenvalue weighted by Gasteiger charge is 2.37. The first-order chi connectivity index (χ1) is 19.0. The number of nitrogens with one attached hydrogen (secondary N) is 2. The quantitative estimate of drug-likeness (QED) is 0.110. The summed E-state index contributed by atoms with van der Waals surface area (Å²) < 4.78 is 15.6. The number of benzene rings is 4. The van der Waals surface area contributed by atoms with Crippen LogP contribution in [0, 0.1) is 11.2 Å². The minimum absolute atomic E-state index is 0.229. The fourth-order valence-corrected chi connectivity index (χ4v) is 5.60. The van der Waals surface area contributed by atoms with Gasteiger partial charge < -0.3 is 5.32 Å². The van der Waals surface area contributed by atoms with Crippen LogP contribution in [0.5, 0.6) is 0 Å². The van der Waals surface area contributed by atoms with Gasteiger partial charge in [0.25, 0.3) is 0 Å². The Hall–Kier alpha value is -3.93. The van der Waals surface area contributed by atoms with Crippen LogP contribution < -0.4 is 5.32 Å². The molecule has 2 N–H and O–H groups in total. The average Bonchev–Trinajstić information content (AvgIpc) is 2.98. The van der Waals surface area contributed by atoms with Gasteiger partial charge in [-0.25, -0.2) is 9.37 Å². The van der Waals surface area contributed by atoms with E-state index in [1.807, 2.05) is 60.9 Å². The van der Waals surface area contributed by atoms with Gasteiger partial charge in [0, 0.05) is 28.8 Å². The summed E-state index contributed by atoms with van der Waals surface area (Å²) in [4.78, 5) is 4.07. The molecule has 0 amide bonds. The van der Waals surface area contributed by atoms with Crippen LogP contribution in [-0.2, 0) is 11.3 Å². The maximum absolute atomic E-state index is 15.6. The highest BCUT2D eigenvalue weighted by atomic mass is 35.5. The monoisotopic (exact) mass is 551 g/mol. The van der Waals surface area contributed by atoms with E-state index in [0.29, 0.717) is 33.3 Å². The minimum Gasteiger partial charge on any atom is -0.367 e. The van der Waals surface area contributed by atoms with Gasteiger partial charge in [0.05, 0.1) is 5.71 Å². The zero-order valence-electron chi connectivity index (χ0n) is 21.4. The van der Waals surface area contributed by atoms with Crippen LogP contribution in [0.3, 0.4) is 0 Å².